The van der Waals surface area contributed by atoms with Crippen LogP contribution in [-0.2, 0) is 14.8 Å². The van der Waals surface area contributed by atoms with E-state index < -0.39 is 50.9 Å². The van der Waals surface area contributed by atoms with Gasteiger partial charge in [-0.25, -0.2) is 26.9 Å². The molecule has 1 aromatic rings. The third kappa shape index (κ3) is 3.13. The predicted molar refractivity (Wildman–Crippen MR) is 87.6 cm³/mol. The molecule has 0 spiro atoms. The van der Waals surface area contributed by atoms with E-state index in [1.807, 2.05) is 4.72 Å². The molecular formula is C13H11Cl2F2N3O4S. The molecule has 0 aromatic heterocycles. The van der Waals surface area contributed by atoms with Gasteiger partial charge in [0.1, 0.15) is 23.2 Å². The number of sulfonamides is 1. The highest BCUT2D eigenvalue weighted by Gasteiger charge is 2.52. The first kappa shape index (κ1) is 18.2. The van der Waals surface area contributed by atoms with Crippen LogP contribution >= 0.6 is 23.2 Å². The average Bonchev–Trinajstić information content (AvgIpc) is 3.01. The number of carbonyl (C=O) groups is 2. The summed E-state index contributed by atoms with van der Waals surface area (Å²) in [5, 5.41) is -1.05. The quantitative estimate of drug-likeness (QED) is 0.605. The second-order valence-electron chi connectivity index (χ2n) is 5.57. The number of nitrogens with zero attached hydrogens (tertiary/aromatic N) is 2. The van der Waals surface area contributed by atoms with E-state index in [-0.39, 0.29) is 23.7 Å². The Hall–Kier alpha value is -1.65. The maximum Gasteiger partial charge on any atom is 0.332 e. The molecule has 2 aliphatic rings. The van der Waals surface area contributed by atoms with Gasteiger partial charge in [0.05, 0.1) is 22.9 Å². The molecule has 1 aromatic carbocycles. The Kier molecular flexibility index (Phi) is 4.54. The van der Waals surface area contributed by atoms with E-state index in [1.54, 1.807) is 0 Å². The van der Waals surface area contributed by atoms with E-state index in [1.165, 1.54) is 0 Å². The lowest BCUT2D eigenvalue weighted by molar-refractivity contribution is -0.119. The summed E-state index contributed by atoms with van der Waals surface area (Å²) in [7, 11) is -3.94. The van der Waals surface area contributed by atoms with E-state index in [4.69, 9.17) is 23.2 Å². The molecule has 7 nitrogen and oxygen atoms in total. The number of amides is 3. The van der Waals surface area contributed by atoms with E-state index in [2.05, 4.69) is 0 Å². The zero-order valence-electron chi connectivity index (χ0n) is 12.4. The minimum absolute atomic E-state index is 0.165. The molecule has 2 saturated heterocycles. The SMILES string of the molecule is O=C1[C@H]2CC(F)CN2C(=O)N1c1cc(NS(=O)(=O)CCl)c(Cl)cc1F. The van der Waals surface area contributed by atoms with Crippen LogP contribution in [0.5, 0.6) is 0 Å². The van der Waals surface area contributed by atoms with Gasteiger partial charge in [-0.3, -0.25) is 9.52 Å². The zero-order valence-corrected chi connectivity index (χ0v) is 14.7. The van der Waals surface area contributed by atoms with Gasteiger partial charge in [-0.15, -0.1) is 11.6 Å². The molecule has 2 atom stereocenters. The van der Waals surface area contributed by atoms with Crippen molar-refractivity contribution in [3.63, 3.8) is 0 Å². The lowest BCUT2D eigenvalue weighted by atomic mass is 10.2. The highest BCUT2D eigenvalue weighted by atomic mass is 35.5. The number of hydrogen-bond donors (Lipinski definition) is 1. The van der Waals surface area contributed by atoms with Crippen LogP contribution in [0, 0.1) is 5.82 Å². The normalized spacial score (nSPS) is 23.4. The molecule has 0 radical (unpaired) electrons. The number of alkyl halides is 2. The third-order valence-electron chi connectivity index (χ3n) is 3.88. The number of carbonyl (C=O) groups excluding carboxylic acids is 2. The van der Waals surface area contributed by atoms with Gasteiger partial charge >= 0.3 is 6.03 Å². The minimum atomic E-state index is -3.94. The molecule has 25 heavy (non-hydrogen) atoms. The molecule has 0 aliphatic carbocycles. The molecule has 136 valence electrons. The summed E-state index contributed by atoms with van der Waals surface area (Å²) < 4.78 is 52.8. The molecular weight excluding hydrogens is 403 g/mol. The van der Waals surface area contributed by atoms with Crippen molar-refractivity contribution in [3.05, 3.63) is 23.0 Å². The summed E-state index contributed by atoms with van der Waals surface area (Å²) in [5.41, 5.74) is -0.716. The van der Waals surface area contributed by atoms with Gasteiger partial charge in [-0.05, 0) is 12.1 Å². The maximum atomic E-state index is 14.3. The largest absolute Gasteiger partial charge is 0.332 e. The second kappa shape index (κ2) is 6.26. The number of fused-ring (bicyclic) bond motifs is 1. The standard InChI is InChI=1S/C13H11Cl2F2N3O4S/c14-5-25(23,24)18-9-3-10(8(17)2-7(9)15)20-12(21)11-1-6(16)4-19(11)13(20)22/h2-3,6,11,18H,1,4-5H2/t6?,11-/m1/s1. The summed E-state index contributed by atoms with van der Waals surface area (Å²) in [4.78, 5) is 26.3. The molecule has 2 aliphatic heterocycles. The van der Waals surface area contributed by atoms with Crippen molar-refractivity contribution in [2.45, 2.75) is 18.6 Å². The predicted octanol–water partition coefficient (Wildman–Crippen LogP) is 2.30. The number of rotatable bonds is 4. The summed E-state index contributed by atoms with van der Waals surface area (Å²) in [5.74, 6) is -1.78. The average molecular weight is 414 g/mol. The van der Waals surface area contributed by atoms with Crippen LogP contribution in [0.15, 0.2) is 12.1 Å². The molecule has 0 saturated carbocycles. The van der Waals surface area contributed by atoms with Crippen LogP contribution in [-0.4, -0.2) is 49.2 Å². The number of anilines is 2. The molecule has 2 fully saturated rings. The van der Waals surface area contributed by atoms with Crippen molar-refractivity contribution in [1.29, 1.82) is 0 Å². The number of urea groups is 1. The van der Waals surface area contributed by atoms with Crippen molar-refractivity contribution in [2.24, 2.45) is 0 Å². The Labute approximate surface area is 151 Å². The van der Waals surface area contributed by atoms with Crippen LogP contribution in [0.25, 0.3) is 0 Å². The van der Waals surface area contributed by atoms with Crippen molar-refractivity contribution in [1.82, 2.24) is 4.90 Å². The summed E-state index contributed by atoms with van der Waals surface area (Å²) in [6.07, 6.45) is -1.48. The van der Waals surface area contributed by atoms with Crippen LogP contribution in [0.2, 0.25) is 5.02 Å². The molecule has 3 amide bonds. The fraction of sp³-hybridized carbons (Fsp3) is 0.385. The molecule has 0 bridgehead atoms. The minimum Gasteiger partial charge on any atom is -0.309 e. The monoisotopic (exact) mass is 413 g/mol. The van der Waals surface area contributed by atoms with E-state index >= 15 is 0 Å². The highest BCUT2D eigenvalue weighted by molar-refractivity contribution is 7.93. The van der Waals surface area contributed by atoms with Crippen LogP contribution < -0.4 is 9.62 Å². The highest BCUT2D eigenvalue weighted by Crippen LogP contribution is 2.37. The number of benzene rings is 1. The molecule has 1 N–H and O–H groups in total. The van der Waals surface area contributed by atoms with Crippen molar-refractivity contribution in [2.75, 3.05) is 21.4 Å². The van der Waals surface area contributed by atoms with E-state index in [0.717, 1.165) is 17.0 Å². The smallest absolute Gasteiger partial charge is 0.309 e. The van der Waals surface area contributed by atoms with Gasteiger partial charge in [0.2, 0.25) is 10.0 Å². The number of nitrogens with one attached hydrogen (secondary N) is 1. The lowest BCUT2D eigenvalue weighted by Crippen LogP contribution is -2.35. The van der Waals surface area contributed by atoms with Gasteiger partial charge < -0.3 is 4.90 Å². The third-order valence-corrected chi connectivity index (χ3v) is 5.87. The van der Waals surface area contributed by atoms with Crippen LogP contribution in [0.3, 0.4) is 0 Å². The van der Waals surface area contributed by atoms with E-state index in [9.17, 15) is 26.8 Å². The van der Waals surface area contributed by atoms with Gasteiger partial charge in [0.15, 0.2) is 0 Å². The van der Waals surface area contributed by atoms with Crippen molar-refractivity contribution >= 4 is 56.5 Å². The topological polar surface area (TPSA) is 86.8 Å². The zero-order chi connectivity index (χ0) is 18.5. The first-order chi connectivity index (χ1) is 11.6. The van der Waals surface area contributed by atoms with Gasteiger partial charge in [-0.2, -0.15) is 0 Å². The molecule has 1 unspecified atom stereocenters. The van der Waals surface area contributed by atoms with Crippen LogP contribution in [0.1, 0.15) is 6.42 Å². The van der Waals surface area contributed by atoms with Gasteiger partial charge in [0.25, 0.3) is 5.91 Å². The van der Waals surface area contributed by atoms with Crippen LogP contribution in [0.4, 0.5) is 25.0 Å². The van der Waals surface area contributed by atoms with E-state index in [0.29, 0.717) is 4.90 Å². The molecule has 3 rings (SSSR count). The van der Waals surface area contributed by atoms with Crippen molar-refractivity contribution in [3.8, 4) is 0 Å². The first-order valence-corrected chi connectivity index (χ1v) is 9.55. The maximum absolute atomic E-state index is 14.3. The Bertz CT molecular complexity index is 843. The molecule has 12 heteroatoms. The van der Waals surface area contributed by atoms with Gasteiger partial charge in [-0.1, -0.05) is 11.6 Å². The number of halogens is 4. The number of imide groups is 1. The Morgan fingerprint density at radius 1 is 1.32 bits per heavy atom. The summed E-state index contributed by atoms with van der Waals surface area (Å²) in [6, 6.07) is -0.180. The first-order valence-electron chi connectivity index (χ1n) is 6.98. The second-order valence-corrected chi connectivity index (χ2v) is 8.28. The Morgan fingerprint density at radius 2 is 2.00 bits per heavy atom. The fourth-order valence-electron chi connectivity index (χ4n) is 2.81. The lowest BCUT2D eigenvalue weighted by Gasteiger charge is -2.18. The Balaban J connectivity index is 2.00. The van der Waals surface area contributed by atoms with Gasteiger partial charge in [0, 0.05) is 6.42 Å². The summed E-state index contributed by atoms with van der Waals surface area (Å²) in [6.45, 7) is -0.257. The fourth-order valence-corrected chi connectivity index (χ4v) is 3.78. The molecule has 2 heterocycles. The summed E-state index contributed by atoms with van der Waals surface area (Å²) >= 11 is 11.1. The Morgan fingerprint density at radius 3 is 2.60 bits per heavy atom. The van der Waals surface area contributed by atoms with Crippen molar-refractivity contribution < 1.29 is 26.8 Å². The number of hydrogen-bond acceptors (Lipinski definition) is 4.